The second-order valence-electron chi connectivity index (χ2n) is 10.7. The van der Waals surface area contributed by atoms with Crippen molar-refractivity contribution in [1.29, 1.82) is 0 Å². The molecule has 0 aliphatic rings. The van der Waals surface area contributed by atoms with E-state index in [1.807, 2.05) is 27.7 Å². The predicted octanol–water partition coefficient (Wildman–Crippen LogP) is 3.91. The van der Waals surface area contributed by atoms with Crippen molar-refractivity contribution in [3.05, 3.63) is 54.5 Å². The van der Waals surface area contributed by atoms with E-state index in [-0.39, 0.29) is 18.8 Å². The molecular formula is C27H34F3N6O4-. The van der Waals surface area contributed by atoms with Gasteiger partial charge in [-0.15, -0.1) is 0 Å². The molecule has 1 aromatic carbocycles. The number of nitrogens with zero attached hydrogens (tertiary/aromatic N) is 4. The molecule has 3 aromatic rings. The van der Waals surface area contributed by atoms with E-state index in [1.54, 1.807) is 6.20 Å². The van der Waals surface area contributed by atoms with Crippen molar-refractivity contribution < 1.29 is 33.0 Å². The van der Waals surface area contributed by atoms with Gasteiger partial charge in [0.15, 0.2) is 6.10 Å². The molecule has 10 nitrogen and oxygen atoms in total. The minimum Gasteiger partial charge on any atom is -0.530 e. The van der Waals surface area contributed by atoms with Crippen LogP contribution in [0.4, 0.5) is 23.8 Å². The zero-order valence-electron chi connectivity index (χ0n) is 22.8. The van der Waals surface area contributed by atoms with Gasteiger partial charge in [-0.05, 0) is 29.5 Å². The van der Waals surface area contributed by atoms with Crippen LogP contribution in [-0.4, -0.2) is 60.2 Å². The number of rotatable bonds is 11. The van der Waals surface area contributed by atoms with Gasteiger partial charge in [0.05, 0.1) is 36.6 Å². The van der Waals surface area contributed by atoms with Crippen LogP contribution in [0.25, 0.3) is 11.1 Å². The molecule has 0 aliphatic carbocycles. The Balaban J connectivity index is 1.90. The molecule has 3 N–H and O–H groups in total. The number of benzene rings is 1. The lowest BCUT2D eigenvalue weighted by Crippen LogP contribution is -2.62. The number of H-pyrrole nitrogens is 1. The number of hydrogen-bond donors (Lipinski definition) is 3. The van der Waals surface area contributed by atoms with E-state index >= 15 is 0 Å². The Labute approximate surface area is 230 Å². The minimum absolute atomic E-state index is 0.0373. The highest BCUT2D eigenvalue weighted by atomic mass is 19.4. The molecule has 40 heavy (non-hydrogen) atoms. The summed E-state index contributed by atoms with van der Waals surface area (Å²) in [6.45, 7) is 7.41. The first kappa shape index (κ1) is 30.7. The van der Waals surface area contributed by atoms with E-state index in [1.165, 1.54) is 35.3 Å². The summed E-state index contributed by atoms with van der Waals surface area (Å²) in [5, 5.41) is 36.8. The Morgan fingerprint density at radius 1 is 1.15 bits per heavy atom. The predicted molar refractivity (Wildman–Crippen MR) is 140 cm³/mol. The Hall–Kier alpha value is -3.87. The summed E-state index contributed by atoms with van der Waals surface area (Å²) in [6.07, 6.45) is -1.77. The van der Waals surface area contributed by atoms with E-state index in [0.29, 0.717) is 24.0 Å². The Kier molecular flexibility index (Phi) is 9.61. The number of aromatic amines is 1. The van der Waals surface area contributed by atoms with Crippen LogP contribution in [0, 0.1) is 5.41 Å². The van der Waals surface area contributed by atoms with Crippen LogP contribution < -0.4 is 10.4 Å². The zero-order chi connectivity index (χ0) is 29.7. The van der Waals surface area contributed by atoms with Crippen molar-refractivity contribution >= 4 is 17.8 Å². The Bertz CT molecular complexity index is 1250. The van der Waals surface area contributed by atoms with Gasteiger partial charge in [-0.3, -0.25) is 14.6 Å². The zero-order valence-corrected chi connectivity index (χ0v) is 22.8. The third kappa shape index (κ3) is 7.62. The number of nitrogens with one attached hydrogen (secondary N) is 2. The molecule has 0 radical (unpaired) electrons. The number of amides is 2. The first-order chi connectivity index (χ1) is 18.7. The van der Waals surface area contributed by atoms with E-state index < -0.39 is 47.3 Å². The fourth-order valence-corrected chi connectivity index (χ4v) is 4.48. The maximum atomic E-state index is 12.9. The third-order valence-electron chi connectivity index (χ3n) is 6.69. The SMILES string of the molecule is CCCC[C@@H]([C@@H](O)C(=O)Nc1ccn[nH]1)N(C(=O)[O-])[C@H](Cn1cc(-c2ccc(C(F)(F)F)cc2)cn1)C(C)(C)C. The normalized spacial score (nSPS) is 14.4. The molecule has 3 rings (SSSR count). The van der Waals surface area contributed by atoms with Gasteiger partial charge in [-0.1, -0.05) is 52.7 Å². The molecule has 0 aliphatic heterocycles. The molecule has 0 fully saturated rings. The van der Waals surface area contributed by atoms with Gasteiger partial charge in [-0.25, -0.2) is 0 Å². The average molecular weight is 564 g/mol. The van der Waals surface area contributed by atoms with E-state index in [0.717, 1.165) is 17.0 Å². The number of aliphatic hydroxyl groups excluding tert-OH is 1. The number of alkyl halides is 3. The van der Waals surface area contributed by atoms with Crippen molar-refractivity contribution in [3.8, 4) is 11.1 Å². The maximum absolute atomic E-state index is 12.9. The Morgan fingerprint density at radius 3 is 2.35 bits per heavy atom. The van der Waals surface area contributed by atoms with Gasteiger partial charge in [0, 0.05) is 17.8 Å². The summed E-state index contributed by atoms with van der Waals surface area (Å²) in [5.41, 5.74) is -0.405. The first-order valence-corrected chi connectivity index (χ1v) is 12.9. The standard InChI is InChI=1S/C27H35F3N6O4/c1-5-6-7-20(23(37)24(38)33-22-12-13-31-34-22)36(25(39)40)21(26(2,3)4)16-35-15-18(14-32-35)17-8-10-19(11-9-17)27(28,29)30/h8-15,20-21,23,37H,5-7,16H2,1-4H3,(H,39,40)(H2,31,33,34,38)/p-1/t20-,21+,23+/m0/s1. The lowest BCUT2D eigenvalue weighted by molar-refractivity contribution is -0.275. The topological polar surface area (TPSA) is 139 Å². The molecule has 0 saturated carbocycles. The number of halogens is 3. The van der Waals surface area contributed by atoms with Gasteiger partial charge in [-0.2, -0.15) is 23.4 Å². The van der Waals surface area contributed by atoms with Gasteiger partial charge in [0.2, 0.25) is 0 Å². The van der Waals surface area contributed by atoms with Crippen molar-refractivity contribution in [2.75, 3.05) is 5.32 Å². The summed E-state index contributed by atoms with van der Waals surface area (Å²) in [6, 6.07) is 4.22. The van der Waals surface area contributed by atoms with Crippen LogP contribution in [0.2, 0.25) is 0 Å². The summed E-state index contributed by atoms with van der Waals surface area (Å²) in [7, 11) is 0. The first-order valence-electron chi connectivity index (χ1n) is 12.9. The second-order valence-corrected chi connectivity index (χ2v) is 10.7. The third-order valence-corrected chi connectivity index (χ3v) is 6.69. The summed E-state index contributed by atoms with van der Waals surface area (Å²) in [4.78, 5) is 26.5. The quantitative estimate of drug-likeness (QED) is 0.323. The molecular weight excluding hydrogens is 529 g/mol. The van der Waals surface area contributed by atoms with Crippen LogP contribution in [0.5, 0.6) is 0 Å². The number of unbranched alkanes of at least 4 members (excludes halogenated alkanes) is 1. The molecule has 0 bridgehead atoms. The lowest BCUT2D eigenvalue weighted by Gasteiger charge is -2.47. The molecule has 218 valence electrons. The molecule has 0 unspecified atom stereocenters. The largest absolute Gasteiger partial charge is 0.530 e. The van der Waals surface area contributed by atoms with E-state index in [2.05, 4.69) is 20.6 Å². The number of carboxylic acid groups (broad SMARTS) is 1. The molecule has 2 heterocycles. The number of aliphatic hydroxyl groups is 1. The number of anilines is 1. The van der Waals surface area contributed by atoms with E-state index in [4.69, 9.17) is 0 Å². The van der Waals surface area contributed by atoms with Gasteiger partial charge < -0.3 is 25.2 Å². The van der Waals surface area contributed by atoms with Crippen LogP contribution in [-0.2, 0) is 17.5 Å². The maximum Gasteiger partial charge on any atom is 0.416 e. The average Bonchev–Trinajstić information content (AvgIpc) is 3.56. The molecule has 13 heteroatoms. The molecule has 3 atom stereocenters. The summed E-state index contributed by atoms with van der Waals surface area (Å²) >= 11 is 0. The highest BCUT2D eigenvalue weighted by Gasteiger charge is 2.40. The van der Waals surface area contributed by atoms with Crippen molar-refractivity contribution in [2.24, 2.45) is 5.41 Å². The second kappa shape index (κ2) is 12.5. The highest BCUT2D eigenvalue weighted by molar-refractivity contribution is 5.93. The number of aromatic nitrogens is 4. The van der Waals surface area contributed by atoms with Crippen molar-refractivity contribution in [3.63, 3.8) is 0 Å². The minimum atomic E-state index is -4.45. The highest BCUT2D eigenvalue weighted by Crippen LogP contribution is 2.32. The van der Waals surface area contributed by atoms with Crippen LogP contribution in [0.3, 0.4) is 0 Å². The van der Waals surface area contributed by atoms with Gasteiger partial charge in [0.25, 0.3) is 5.91 Å². The van der Waals surface area contributed by atoms with Gasteiger partial charge >= 0.3 is 6.18 Å². The lowest BCUT2D eigenvalue weighted by atomic mass is 9.83. The molecule has 2 aromatic heterocycles. The van der Waals surface area contributed by atoms with Crippen LogP contribution in [0.1, 0.15) is 52.5 Å². The number of carbonyl (C=O) groups excluding carboxylic acids is 2. The fraction of sp³-hybridized carbons (Fsp3) is 0.481. The van der Waals surface area contributed by atoms with E-state index in [9.17, 15) is 33.0 Å². The Morgan fingerprint density at radius 2 is 1.82 bits per heavy atom. The van der Waals surface area contributed by atoms with Crippen LogP contribution >= 0.6 is 0 Å². The molecule has 0 saturated heterocycles. The molecule has 2 amide bonds. The summed E-state index contributed by atoms with van der Waals surface area (Å²) < 4.78 is 40.3. The smallest absolute Gasteiger partial charge is 0.416 e. The van der Waals surface area contributed by atoms with Crippen molar-refractivity contribution in [1.82, 2.24) is 24.9 Å². The molecule has 0 spiro atoms. The number of carbonyl (C=O) groups is 2. The fourth-order valence-electron chi connectivity index (χ4n) is 4.48. The van der Waals surface area contributed by atoms with Crippen molar-refractivity contribution in [2.45, 2.75) is 77.9 Å². The summed E-state index contributed by atoms with van der Waals surface area (Å²) in [5.74, 6) is -0.550. The number of hydrogen-bond acceptors (Lipinski definition) is 6. The van der Waals surface area contributed by atoms with Crippen LogP contribution in [0.15, 0.2) is 48.9 Å². The van der Waals surface area contributed by atoms with Gasteiger partial charge in [0.1, 0.15) is 11.9 Å². The monoisotopic (exact) mass is 563 g/mol.